The Morgan fingerprint density at radius 3 is 1.67 bits per heavy atom. The van der Waals surface area contributed by atoms with Crippen LogP contribution in [0.3, 0.4) is 0 Å². The summed E-state index contributed by atoms with van der Waals surface area (Å²) in [4.78, 5) is 0. The molecule has 3 rings (SSSR count). The predicted molar refractivity (Wildman–Crippen MR) is 102 cm³/mol. The molecule has 0 saturated heterocycles. The molecule has 27 heavy (non-hydrogen) atoms. The van der Waals surface area contributed by atoms with Crippen molar-refractivity contribution in [2.24, 2.45) is 0 Å². The minimum Gasteiger partial charge on any atom is -0.457 e. The van der Waals surface area contributed by atoms with Crippen LogP contribution in [-0.4, -0.2) is 10.4 Å². The minimum atomic E-state index is 0.359. The van der Waals surface area contributed by atoms with E-state index in [1.807, 2.05) is 36.4 Å². The summed E-state index contributed by atoms with van der Waals surface area (Å²) in [6.07, 6.45) is 0. The molecule has 0 unspecified atom stereocenters. The van der Waals surface area contributed by atoms with Gasteiger partial charge in [0.25, 0.3) is 0 Å². The van der Waals surface area contributed by atoms with Gasteiger partial charge in [0.1, 0.15) is 23.0 Å². The van der Waals surface area contributed by atoms with Crippen LogP contribution in [0, 0.1) is 0 Å². The van der Waals surface area contributed by atoms with Crippen molar-refractivity contribution in [2.75, 3.05) is 0 Å². The standard InChI is InChI=1S/C20H19ClN2O4/c21-19-10-9-18(26-16-5-1-14(2-6-16)12-22-24)11-20(19)27-17-7-3-15(4-8-17)13-23-25/h1-11,22-25H,12-13H2. The highest BCUT2D eigenvalue weighted by atomic mass is 35.5. The maximum atomic E-state index is 8.73. The summed E-state index contributed by atoms with van der Waals surface area (Å²) in [6, 6.07) is 19.8. The molecule has 0 bridgehead atoms. The molecular formula is C20H19ClN2O4. The Kier molecular flexibility index (Phi) is 6.64. The Morgan fingerprint density at radius 1 is 0.667 bits per heavy atom. The van der Waals surface area contributed by atoms with Crippen molar-refractivity contribution < 1.29 is 19.9 Å². The van der Waals surface area contributed by atoms with E-state index >= 15 is 0 Å². The molecular weight excluding hydrogens is 368 g/mol. The third-order valence-corrected chi connectivity index (χ3v) is 4.09. The highest BCUT2D eigenvalue weighted by Crippen LogP contribution is 2.34. The van der Waals surface area contributed by atoms with E-state index in [9.17, 15) is 0 Å². The molecule has 0 radical (unpaired) electrons. The Hall–Kier alpha value is -2.61. The van der Waals surface area contributed by atoms with Crippen molar-refractivity contribution in [2.45, 2.75) is 13.1 Å². The molecule has 0 amide bonds. The van der Waals surface area contributed by atoms with Gasteiger partial charge in [-0.1, -0.05) is 35.9 Å². The van der Waals surface area contributed by atoms with Gasteiger partial charge in [0, 0.05) is 19.2 Å². The molecule has 0 aromatic heterocycles. The molecule has 4 N–H and O–H groups in total. The van der Waals surface area contributed by atoms with Gasteiger partial charge in [-0.2, -0.15) is 0 Å². The number of nitrogens with one attached hydrogen (secondary N) is 2. The van der Waals surface area contributed by atoms with E-state index in [0.29, 0.717) is 41.1 Å². The monoisotopic (exact) mass is 386 g/mol. The lowest BCUT2D eigenvalue weighted by Crippen LogP contribution is -2.05. The van der Waals surface area contributed by atoms with Crippen LogP contribution in [0.4, 0.5) is 0 Å². The van der Waals surface area contributed by atoms with Crippen LogP contribution in [0.2, 0.25) is 5.02 Å². The van der Waals surface area contributed by atoms with E-state index in [4.69, 9.17) is 31.5 Å². The lowest BCUT2D eigenvalue weighted by Gasteiger charge is -2.11. The van der Waals surface area contributed by atoms with Crippen LogP contribution < -0.4 is 20.4 Å². The number of hydrogen-bond donors (Lipinski definition) is 4. The van der Waals surface area contributed by atoms with E-state index in [1.54, 1.807) is 30.3 Å². The zero-order valence-corrected chi connectivity index (χ0v) is 15.1. The lowest BCUT2D eigenvalue weighted by molar-refractivity contribution is 0.161. The average molecular weight is 387 g/mol. The number of halogens is 1. The molecule has 0 aliphatic carbocycles. The molecule has 0 spiro atoms. The van der Waals surface area contributed by atoms with Crippen molar-refractivity contribution in [3.05, 3.63) is 82.9 Å². The van der Waals surface area contributed by atoms with E-state index in [-0.39, 0.29) is 0 Å². The van der Waals surface area contributed by atoms with Gasteiger partial charge in [0.2, 0.25) is 0 Å². The van der Waals surface area contributed by atoms with Gasteiger partial charge < -0.3 is 19.9 Å². The largest absolute Gasteiger partial charge is 0.457 e. The summed E-state index contributed by atoms with van der Waals surface area (Å²) >= 11 is 6.23. The van der Waals surface area contributed by atoms with Gasteiger partial charge in [-0.25, -0.2) is 11.0 Å². The summed E-state index contributed by atoms with van der Waals surface area (Å²) in [5.41, 5.74) is 6.08. The highest BCUT2D eigenvalue weighted by Gasteiger charge is 2.07. The average Bonchev–Trinajstić information content (AvgIpc) is 2.68. The molecule has 0 fully saturated rings. The first-order valence-electron chi connectivity index (χ1n) is 8.25. The molecule has 0 saturated carbocycles. The quantitative estimate of drug-likeness (QED) is 0.413. The maximum absolute atomic E-state index is 8.73. The fourth-order valence-electron chi connectivity index (χ4n) is 2.42. The van der Waals surface area contributed by atoms with Crippen LogP contribution in [0.25, 0.3) is 0 Å². The third-order valence-electron chi connectivity index (χ3n) is 3.78. The lowest BCUT2D eigenvalue weighted by atomic mass is 10.2. The molecule has 140 valence electrons. The molecule has 6 nitrogen and oxygen atoms in total. The number of rotatable bonds is 8. The fraction of sp³-hybridized carbons (Fsp3) is 0.100. The summed E-state index contributed by atoms with van der Waals surface area (Å²) in [6.45, 7) is 0.726. The van der Waals surface area contributed by atoms with E-state index in [2.05, 4.69) is 11.0 Å². The van der Waals surface area contributed by atoms with Gasteiger partial charge in [-0.05, 0) is 47.5 Å². The Balaban J connectivity index is 1.71. The number of hydrogen-bond acceptors (Lipinski definition) is 6. The number of ether oxygens (including phenoxy) is 2. The minimum absolute atomic E-state index is 0.359. The van der Waals surface area contributed by atoms with Crippen LogP contribution >= 0.6 is 11.6 Å². The van der Waals surface area contributed by atoms with Crippen molar-refractivity contribution in [3.8, 4) is 23.0 Å². The summed E-state index contributed by atoms with van der Waals surface area (Å²) < 4.78 is 11.7. The third kappa shape index (κ3) is 5.43. The van der Waals surface area contributed by atoms with Crippen molar-refractivity contribution in [3.63, 3.8) is 0 Å². The van der Waals surface area contributed by atoms with Gasteiger partial charge in [0.15, 0.2) is 0 Å². The van der Waals surface area contributed by atoms with Crippen molar-refractivity contribution in [1.82, 2.24) is 11.0 Å². The zero-order valence-electron chi connectivity index (χ0n) is 14.4. The van der Waals surface area contributed by atoms with E-state index in [0.717, 1.165) is 11.1 Å². The van der Waals surface area contributed by atoms with Crippen LogP contribution in [0.15, 0.2) is 66.7 Å². The Bertz CT molecular complexity index is 870. The second-order valence-electron chi connectivity index (χ2n) is 5.75. The predicted octanol–water partition coefficient (Wildman–Crippen LogP) is 4.88. The molecule has 0 aliphatic heterocycles. The molecule has 3 aromatic carbocycles. The van der Waals surface area contributed by atoms with Gasteiger partial charge in [0.05, 0.1) is 5.02 Å². The first-order chi connectivity index (χ1) is 13.2. The second-order valence-corrected chi connectivity index (χ2v) is 6.16. The normalized spacial score (nSPS) is 10.6. The number of benzene rings is 3. The van der Waals surface area contributed by atoms with Crippen molar-refractivity contribution >= 4 is 11.6 Å². The Morgan fingerprint density at radius 2 is 1.15 bits per heavy atom. The van der Waals surface area contributed by atoms with Crippen LogP contribution in [0.1, 0.15) is 11.1 Å². The topological polar surface area (TPSA) is 83.0 Å². The van der Waals surface area contributed by atoms with Gasteiger partial charge >= 0.3 is 0 Å². The zero-order chi connectivity index (χ0) is 19.1. The summed E-state index contributed by atoms with van der Waals surface area (Å²) in [5.74, 6) is 2.34. The molecule has 7 heteroatoms. The first-order valence-corrected chi connectivity index (χ1v) is 8.63. The van der Waals surface area contributed by atoms with Gasteiger partial charge in [-0.3, -0.25) is 0 Å². The van der Waals surface area contributed by atoms with Gasteiger partial charge in [-0.15, -0.1) is 0 Å². The van der Waals surface area contributed by atoms with Crippen LogP contribution in [-0.2, 0) is 13.1 Å². The summed E-state index contributed by atoms with van der Waals surface area (Å²) in [7, 11) is 0. The molecule has 3 aromatic rings. The highest BCUT2D eigenvalue weighted by molar-refractivity contribution is 6.32. The molecule has 0 heterocycles. The van der Waals surface area contributed by atoms with E-state index < -0.39 is 0 Å². The fourth-order valence-corrected chi connectivity index (χ4v) is 2.58. The maximum Gasteiger partial charge on any atom is 0.149 e. The van der Waals surface area contributed by atoms with Crippen molar-refractivity contribution in [1.29, 1.82) is 0 Å². The SMILES string of the molecule is ONCc1ccc(Oc2ccc(Cl)c(Oc3ccc(CNO)cc3)c2)cc1. The molecule has 0 atom stereocenters. The first kappa shape index (κ1) is 19.2. The summed E-state index contributed by atoms with van der Waals surface area (Å²) in [5, 5.41) is 17.9. The smallest absolute Gasteiger partial charge is 0.149 e. The second kappa shape index (κ2) is 9.36. The Labute approximate surface area is 161 Å². The van der Waals surface area contributed by atoms with E-state index in [1.165, 1.54) is 0 Å². The molecule has 0 aliphatic rings. The van der Waals surface area contributed by atoms with Crippen LogP contribution in [0.5, 0.6) is 23.0 Å². The number of hydroxylamine groups is 2.